The number of nitrogens with zero attached hydrogens (tertiary/aromatic N) is 2. The summed E-state index contributed by atoms with van der Waals surface area (Å²) in [5, 5.41) is 14.5. The Kier molecular flexibility index (Phi) is 3.57. The highest BCUT2D eigenvalue weighted by molar-refractivity contribution is 5.66. The quantitative estimate of drug-likeness (QED) is 0.617. The van der Waals surface area contributed by atoms with Crippen LogP contribution in [-0.2, 0) is 16.8 Å². The molecule has 0 spiro atoms. The van der Waals surface area contributed by atoms with Crippen LogP contribution in [0.2, 0.25) is 0 Å². The minimum atomic E-state index is -1.16. The summed E-state index contributed by atoms with van der Waals surface area (Å²) in [6.07, 6.45) is 1.86. The Hall–Kier alpha value is -2.42. The van der Waals surface area contributed by atoms with Crippen LogP contribution >= 0.6 is 0 Å². The summed E-state index contributed by atoms with van der Waals surface area (Å²) in [6, 6.07) is 0. The zero-order chi connectivity index (χ0) is 15.7. The third kappa shape index (κ3) is 2.33. The maximum atomic E-state index is 11.4. The number of carbonyl (C=O) groups excluding carboxylic acids is 1. The molecular formula is C13H16N4O5. The molecule has 1 amide bonds. The molecule has 1 saturated heterocycles. The Morgan fingerprint density at radius 2 is 2.41 bits per heavy atom. The number of primary amides is 1. The first kappa shape index (κ1) is 14.5. The molecule has 9 nitrogen and oxygen atoms in total. The summed E-state index contributed by atoms with van der Waals surface area (Å²) < 4.78 is 10.8. The third-order valence-electron chi connectivity index (χ3n) is 4.00. The van der Waals surface area contributed by atoms with Crippen molar-refractivity contribution >= 4 is 11.8 Å². The maximum Gasteiger partial charge on any atom is 0.405 e. The van der Waals surface area contributed by atoms with E-state index in [9.17, 15) is 14.9 Å². The summed E-state index contributed by atoms with van der Waals surface area (Å²) in [7, 11) is 0. The highest BCUT2D eigenvalue weighted by Gasteiger charge is 2.46. The molecule has 9 heteroatoms. The number of fused-ring (bicyclic) bond motifs is 1. The molecular weight excluding hydrogens is 292 g/mol. The predicted molar refractivity (Wildman–Crippen MR) is 74.5 cm³/mol. The Bertz CT molecular complexity index is 627. The van der Waals surface area contributed by atoms with Gasteiger partial charge in [0.25, 0.3) is 5.69 Å². The molecule has 0 saturated carbocycles. The van der Waals surface area contributed by atoms with Gasteiger partial charge in [-0.05, 0) is 19.4 Å². The Balaban J connectivity index is 2.20. The van der Waals surface area contributed by atoms with E-state index in [-0.39, 0.29) is 12.2 Å². The largest absolute Gasteiger partial charge is 0.477 e. The molecule has 0 radical (unpaired) electrons. The fraction of sp³-hybridized carbons (Fsp3) is 0.538. The Morgan fingerprint density at radius 1 is 1.59 bits per heavy atom. The van der Waals surface area contributed by atoms with Gasteiger partial charge in [0.05, 0.1) is 17.1 Å². The van der Waals surface area contributed by atoms with E-state index in [1.807, 2.05) is 0 Å². The fourth-order valence-electron chi connectivity index (χ4n) is 3.20. The highest BCUT2D eigenvalue weighted by Crippen LogP contribution is 2.43. The number of hydrogen-bond donors (Lipinski definition) is 2. The van der Waals surface area contributed by atoms with Crippen molar-refractivity contribution in [2.24, 2.45) is 5.73 Å². The van der Waals surface area contributed by atoms with Crippen molar-refractivity contribution in [2.45, 2.75) is 24.9 Å². The normalized spacial score (nSPS) is 23.5. The first-order valence-electron chi connectivity index (χ1n) is 7.02. The topological polar surface area (TPSA) is 130 Å². The van der Waals surface area contributed by atoms with Gasteiger partial charge >= 0.3 is 6.09 Å². The van der Waals surface area contributed by atoms with Gasteiger partial charge < -0.3 is 20.5 Å². The minimum absolute atomic E-state index is 0.172. The summed E-state index contributed by atoms with van der Waals surface area (Å²) in [5.74, 6) is 0.360. The van der Waals surface area contributed by atoms with Gasteiger partial charge in [-0.3, -0.25) is 10.1 Å². The first-order valence-corrected chi connectivity index (χ1v) is 7.02. The molecule has 2 aliphatic heterocycles. The standard InChI is InChI=1S/C13H16N4O5/c14-12(18)22-13(3-1-4-15-7-13)10-8-2-5-21-11(8)16-6-9(10)17(19)20/h6,15H,1-5,7H2,(H2,14,18)/t13-/m1/s1. The van der Waals surface area contributed by atoms with Crippen molar-refractivity contribution < 1.29 is 19.2 Å². The second-order valence-electron chi connectivity index (χ2n) is 5.35. The van der Waals surface area contributed by atoms with Crippen LogP contribution in [0.25, 0.3) is 0 Å². The minimum Gasteiger partial charge on any atom is -0.477 e. The van der Waals surface area contributed by atoms with E-state index in [4.69, 9.17) is 15.2 Å². The smallest absolute Gasteiger partial charge is 0.405 e. The molecule has 3 rings (SSSR count). The highest BCUT2D eigenvalue weighted by atomic mass is 16.6. The lowest BCUT2D eigenvalue weighted by molar-refractivity contribution is -0.387. The summed E-state index contributed by atoms with van der Waals surface area (Å²) in [5.41, 5.74) is 4.86. The van der Waals surface area contributed by atoms with E-state index in [0.717, 1.165) is 12.7 Å². The lowest BCUT2D eigenvalue weighted by atomic mass is 9.82. The van der Waals surface area contributed by atoms with Crippen molar-refractivity contribution in [2.75, 3.05) is 19.7 Å². The third-order valence-corrected chi connectivity index (χ3v) is 4.00. The second-order valence-corrected chi connectivity index (χ2v) is 5.35. The van der Waals surface area contributed by atoms with E-state index in [1.54, 1.807) is 0 Å². The lowest BCUT2D eigenvalue weighted by Gasteiger charge is -2.37. The molecule has 1 atom stereocenters. The average molecular weight is 308 g/mol. The van der Waals surface area contributed by atoms with Crippen LogP contribution in [0.3, 0.4) is 0 Å². The van der Waals surface area contributed by atoms with Crippen molar-refractivity contribution in [1.82, 2.24) is 10.3 Å². The number of hydrogen-bond acceptors (Lipinski definition) is 7. The van der Waals surface area contributed by atoms with Gasteiger partial charge in [-0.1, -0.05) is 0 Å². The molecule has 3 heterocycles. The summed E-state index contributed by atoms with van der Waals surface area (Å²) in [4.78, 5) is 26.3. The van der Waals surface area contributed by atoms with Crippen molar-refractivity contribution in [3.05, 3.63) is 27.4 Å². The van der Waals surface area contributed by atoms with Gasteiger partial charge in [-0.25, -0.2) is 9.78 Å². The molecule has 22 heavy (non-hydrogen) atoms. The molecule has 1 fully saturated rings. The van der Waals surface area contributed by atoms with Gasteiger partial charge in [0.2, 0.25) is 5.88 Å². The van der Waals surface area contributed by atoms with Crippen LogP contribution in [0.1, 0.15) is 24.0 Å². The predicted octanol–water partition coefficient (Wildman–Crippen LogP) is 0.599. The number of ether oxygens (including phenoxy) is 2. The Labute approximate surface area is 125 Å². The number of aromatic nitrogens is 1. The SMILES string of the molecule is NC(=O)O[C@]1(c2c([N+](=O)[O-])cnc3c2CCO3)CCCNC1. The van der Waals surface area contributed by atoms with E-state index >= 15 is 0 Å². The van der Waals surface area contributed by atoms with Crippen molar-refractivity contribution in [3.63, 3.8) is 0 Å². The molecule has 1 aromatic heterocycles. The van der Waals surface area contributed by atoms with Gasteiger partial charge in [0.1, 0.15) is 6.20 Å². The van der Waals surface area contributed by atoms with Gasteiger partial charge in [0.15, 0.2) is 5.60 Å². The molecule has 0 bridgehead atoms. The zero-order valence-electron chi connectivity index (χ0n) is 11.8. The molecule has 2 aliphatic rings. The fourth-order valence-corrected chi connectivity index (χ4v) is 3.20. The van der Waals surface area contributed by atoms with Crippen LogP contribution < -0.4 is 15.8 Å². The molecule has 0 aromatic carbocycles. The van der Waals surface area contributed by atoms with Crippen LogP contribution in [0.15, 0.2) is 6.20 Å². The lowest BCUT2D eigenvalue weighted by Crippen LogP contribution is -2.48. The number of piperidine rings is 1. The van der Waals surface area contributed by atoms with Crippen LogP contribution in [-0.4, -0.2) is 35.7 Å². The number of amides is 1. The van der Waals surface area contributed by atoms with Gasteiger partial charge in [-0.15, -0.1) is 0 Å². The molecule has 118 valence electrons. The zero-order valence-corrected chi connectivity index (χ0v) is 11.8. The number of carbonyl (C=O) groups is 1. The molecule has 1 aromatic rings. The van der Waals surface area contributed by atoms with Crippen molar-refractivity contribution in [3.8, 4) is 5.88 Å². The maximum absolute atomic E-state index is 11.4. The van der Waals surface area contributed by atoms with E-state index in [2.05, 4.69) is 10.3 Å². The molecule has 0 aliphatic carbocycles. The summed E-state index contributed by atoms with van der Waals surface area (Å²) in [6.45, 7) is 1.42. The van der Waals surface area contributed by atoms with Crippen LogP contribution in [0.4, 0.5) is 10.5 Å². The van der Waals surface area contributed by atoms with Crippen molar-refractivity contribution in [1.29, 1.82) is 0 Å². The summed E-state index contributed by atoms with van der Waals surface area (Å²) >= 11 is 0. The number of nitro groups is 1. The number of nitrogens with two attached hydrogens (primary N) is 1. The first-order chi connectivity index (χ1) is 10.5. The van der Waals surface area contributed by atoms with Crippen LogP contribution in [0, 0.1) is 10.1 Å². The van der Waals surface area contributed by atoms with E-state index in [1.165, 1.54) is 0 Å². The van der Waals surface area contributed by atoms with Gasteiger partial charge in [0, 0.05) is 18.5 Å². The monoisotopic (exact) mass is 308 g/mol. The van der Waals surface area contributed by atoms with E-state index in [0.29, 0.717) is 42.9 Å². The van der Waals surface area contributed by atoms with Gasteiger partial charge in [-0.2, -0.15) is 0 Å². The van der Waals surface area contributed by atoms with E-state index < -0.39 is 16.6 Å². The molecule has 0 unspecified atom stereocenters. The Morgan fingerprint density at radius 3 is 3.05 bits per heavy atom. The second kappa shape index (κ2) is 5.41. The number of pyridine rings is 1. The molecule has 3 N–H and O–H groups in total. The number of nitrogens with one attached hydrogen (secondary N) is 1. The average Bonchev–Trinajstić information content (AvgIpc) is 2.94. The number of rotatable bonds is 3. The van der Waals surface area contributed by atoms with Crippen LogP contribution in [0.5, 0.6) is 5.88 Å².